The molecule has 0 saturated heterocycles. The molecule has 5 heteroatoms. The number of amides is 1. The van der Waals surface area contributed by atoms with E-state index in [0.29, 0.717) is 4.47 Å². The van der Waals surface area contributed by atoms with E-state index in [1.807, 2.05) is 13.8 Å². The minimum Gasteiger partial charge on any atom is -0.396 e. The average molecular weight is 304 g/mol. The van der Waals surface area contributed by atoms with E-state index in [9.17, 15) is 9.18 Å². The van der Waals surface area contributed by atoms with Gasteiger partial charge in [0.05, 0.1) is 5.56 Å². The normalized spacial score (nSPS) is 11.4. The SMILES string of the molecule is CC(C)(CO)CNC(=O)c1cc(Br)ccc1F. The third kappa shape index (κ3) is 4.09. The molecular formula is C12H15BrFNO2. The predicted molar refractivity (Wildman–Crippen MR) is 67.3 cm³/mol. The van der Waals surface area contributed by atoms with E-state index >= 15 is 0 Å². The van der Waals surface area contributed by atoms with Crippen molar-refractivity contribution < 1.29 is 14.3 Å². The van der Waals surface area contributed by atoms with Gasteiger partial charge in [0.1, 0.15) is 5.82 Å². The Bertz CT molecular complexity index is 421. The third-order valence-electron chi connectivity index (χ3n) is 2.33. The fourth-order valence-corrected chi connectivity index (χ4v) is 1.50. The zero-order valence-electron chi connectivity index (χ0n) is 9.76. The van der Waals surface area contributed by atoms with Crippen molar-refractivity contribution in [3.05, 3.63) is 34.1 Å². The van der Waals surface area contributed by atoms with Gasteiger partial charge < -0.3 is 10.4 Å². The summed E-state index contributed by atoms with van der Waals surface area (Å²) in [6.45, 7) is 3.86. The van der Waals surface area contributed by atoms with Crippen molar-refractivity contribution >= 4 is 21.8 Å². The van der Waals surface area contributed by atoms with Crippen LogP contribution in [0.25, 0.3) is 0 Å². The summed E-state index contributed by atoms with van der Waals surface area (Å²) in [4.78, 5) is 11.7. The Labute approximate surface area is 108 Å². The van der Waals surface area contributed by atoms with Gasteiger partial charge in [-0.05, 0) is 18.2 Å². The Morgan fingerprint density at radius 2 is 2.18 bits per heavy atom. The Morgan fingerprint density at radius 3 is 2.76 bits per heavy atom. The zero-order chi connectivity index (χ0) is 13.1. The van der Waals surface area contributed by atoms with Gasteiger partial charge in [0.2, 0.25) is 0 Å². The summed E-state index contributed by atoms with van der Waals surface area (Å²) in [5.41, 5.74) is -0.425. The number of aliphatic hydroxyl groups is 1. The van der Waals surface area contributed by atoms with E-state index in [1.165, 1.54) is 18.2 Å². The minimum absolute atomic E-state index is 0.00638. The molecule has 0 aliphatic heterocycles. The van der Waals surface area contributed by atoms with Gasteiger partial charge in [0.15, 0.2) is 0 Å². The minimum atomic E-state index is -0.562. The maximum atomic E-state index is 13.4. The Hall–Kier alpha value is -0.940. The van der Waals surface area contributed by atoms with Crippen LogP contribution < -0.4 is 5.32 Å². The van der Waals surface area contributed by atoms with Crippen LogP contribution >= 0.6 is 15.9 Å². The lowest BCUT2D eigenvalue weighted by molar-refractivity contribution is 0.0907. The number of rotatable bonds is 4. The standard InChI is InChI=1S/C12H15BrFNO2/c1-12(2,7-16)6-15-11(17)9-5-8(13)3-4-10(9)14/h3-5,16H,6-7H2,1-2H3,(H,15,17). The highest BCUT2D eigenvalue weighted by molar-refractivity contribution is 9.10. The molecule has 94 valence electrons. The van der Waals surface area contributed by atoms with Crippen LogP contribution in [-0.2, 0) is 0 Å². The summed E-state index contributed by atoms with van der Waals surface area (Å²) >= 11 is 3.18. The molecule has 0 fully saturated rings. The van der Waals surface area contributed by atoms with Gasteiger partial charge in [-0.2, -0.15) is 0 Å². The number of carbonyl (C=O) groups excluding carboxylic acids is 1. The predicted octanol–water partition coefficient (Wildman–Crippen LogP) is 2.34. The molecule has 0 radical (unpaired) electrons. The van der Waals surface area contributed by atoms with Crippen molar-refractivity contribution in [2.45, 2.75) is 13.8 Å². The van der Waals surface area contributed by atoms with Crippen LogP contribution in [0, 0.1) is 11.2 Å². The van der Waals surface area contributed by atoms with E-state index in [1.54, 1.807) is 0 Å². The van der Waals surface area contributed by atoms with Crippen LogP contribution in [0.1, 0.15) is 24.2 Å². The van der Waals surface area contributed by atoms with E-state index in [0.717, 1.165) is 0 Å². The van der Waals surface area contributed by atoms with Crippen LogP contribution in [0.15, 0.2) is 22.7 Å². The molecule has 1 aromatic carbocycles. The molecule has 0 aliphatic rings. The van der Waals surface area contributed by atoms with Crippen molar-refractivity contribution in [2.24, 2.45) is 5.41 Å². The first-order chi connectivity index (χ1) is 7.85. The molecule has 0 atom stereocenters. The van der Waals surface area contributed by atoms with Gasteiger partial charge >= 0.3 is 0 Å². The van der Waals surface area contributed by atoms with E-state index in [-0.39, 0.29) is 18.7 Å². The number of nitrogens with one attached hydrogen (secondary N) is 1. The summed E-state index contributed by atoms with van der Waals surface area (Å²) in [6.07, 6.45) is 0. The van der Waals surface area contributed by atoms with E-state index in [2.05, 4.69) is 21.2 Å². The molecule has 0 heterocycles. The number of benzene rings is 1. The summed E-state index contributed by atoms with van der Waals surface area (Å²) in [5.74, 6) is -1.04. The molecule has 1 aromatic rings. The number of halogens is 2. The Balaban J connectivity index is 2.74. The first-order valence-corrected chi connectivity index (χ1v) is 5.99. The number of aliphatic hydroxyl groups excluding tert-OH is 1. The summed E-state index contributed by atoms with van der Waals surface area (Å²) < 4.78 is 14.0. The highest BCUT2D eigenvalue weighted by atomic mass is 79.9. The van der Waals surface area contributed by atoms with Gasteiger partial charge in [-0.1, -0.05) is 29.8 Å². The van der Waals surface area contributed by atoms with Gasteiger partial charge in [-0.3, -0.25) is 4.79 Å². The van der Waals surface area contributed by atoms with Crippen molar-refractivity contribution in [3.63, 3.8) is 0 Å². The van der Waals surface area contributed by atoms with Crippen molar-refractivity contribution in [1.29, 1.82) is 0 Å². The molecule has 0 unspecified atom stereocenters. The fourth-order valence-electron chi connectivity index (χ4n) is 1.14. The molecule has 0 saturated carbocycles. The van der Waals surface area contributed by atoms with Crippen LogP contribution in [0.5, 0.6) is 0 Å². The van der Waals surface area contributed by atoms with Gasteiger partial charge in [0.25, 0.3) is 5.91 Å². The molecule has 1 amide bonds. The van der Waals surface area contributed by atoms with Crippen LogP contribution in [0.3, 0.4) is 0 Å². The molecule has 0 spiro atoms. The first kappa shape index (κ1) is 14.1. The molecule has 0 bridgehead atoms. The molecular weight excluding hydrogens is 289 g/mol. The molecule has 17 heavy (non-hydrogen) atoms. The number of hydrogen-bond acceptors (Lipinski definition) is 2. The van der Waals surface area contributed by atoms with Gasteiger partial charge in [0, 0.05) is 23.0 Å². The monoisotopic (exact) mass is 303 g/mol. The second-order valence-electron chi connectivity index (χ2n) is 4.63. The van der Waals surface area contributed by atoms with Crippen molar-refractivity contribution in [1.82, 2.24) is 5.32 Å². The van der Waals surface area contributed by atoms with Crippen LogP contribution in [0.4, 0.5) is 4.39 Å². The third-order valence-corrected chi connectivity index (χ3v) is 2.82. The second kappa shape index (κ2) is 5.60. The lowest BCUT2D eigenvalue weighted by atomic mass is 9.95. The second-order valence-corrected chi connectivity index (χ2v) is 5.54. The zero-order valence-corrected chi connectivity index (χ0v) is 11.3. The summed E-state index contributed by atoms with van der Waals surface area (Å²) in [7, 11) is 0. The van der Waals surface area contributed by atoms with Gasteiger partial charge in [-0.25, -0.2) is 4.39 Å². The molecule has 2 N–H and O–H groups in total. The largest absolute Gasteiger partial charge is 0.396 e. The number of carbonyl (C=O) groups is 1. The highest BCUT2D eigenvalue weighted by Crippen LogP contribution is 2.16. The van der Waals surface area contributed by atoms with Gasteiger partial charge in [-0.15, -0.1) is 0 Å². The lowest BCUT2D eigenvalue weighted by Crippen LogP contribution is -2.36. The quantitative estimate of drug-likeness (QED) is 0.897. The first-order valence-electron chi connectivity index (χ1n) is 5.20. The Morgan fingerprint density at radius 1 is 1.53 bits per heavy atom. The fraction of sp³-hybridized carbons (Fsp3) is 0.417. The van der Waals surface area contributed by atoms with Crippen molar-refractivity contribution in [3.8, 4) is 0 Å². The number of hydrogen-bond donors (Lipinski definition) is 2. The van der Waals surface area contributed by atoms with Crippen LogP contribution in [0.2, 0.25) is 0 Å². The highest BCUT2D eigenvalue weighted by Gasteiger charge is 2.19. The van der Waals surface area contributed by atoms with Crippen LogP contribution in [-0.4, -0.2) is 24.2 Å². The summed E-state index contributed by atoms with van der Waals surface area (Å²) in [6, 6.07) is 4.19. The smallest absolute Gasteiger partial charge is 0.254 e. The molecule has 0 aromatic heterocycles. The van der Waals surface area contributed by atoms with E-state index < -0.39 is 17.1 Å². The average Bonchev–Trinajstić information content (AvgIpc) is 2.29. The van der Waals surface area contributed by atoms with E-state index in [4.69, 9.17) is 5.11 Å². The van der Waals surface area contributed by atoms with Crippen molar-refractivity contribution in [2.75, 3.05) is 13.2 Å². The molecule has 1 rings (SSSR count). The topological polar surface area (TPSA) is 49.3 Å². The maximum absolute atomic E-state index is 13.4. The lowest BCUT2D eigenvalue weighted by Gasteiger charge is -2.21. The molecule has 3 nitrogen and oxygen atoms in total. The maximum Gasteiger partial charge on any atom is 0.254 e. The molecule has 0 aliphatic carbocycles. The summed E-state index contributed by atoms with van der Waals surface area (Å²) in [5, 5.41) is 11.6. The Kier molecular flexibility index (Phi) is 4.65.